The Morgan fingerprint density at radius 1 is 1.02 bits per heavy atom. The summed E-state index contributed by atoms with van der Waals surface area (Å²) in [6.45, 7) is 8.95. The minimum atomic E-state index is -5.03. The number of halogens is 6. The van der Waals surface area contributed by atoms with Crippen molar-refractivity contribution in [2.24, 2.45) is 5.92 Å². The lowest BCUT2D eigenvalue weighted by molar-refractivity contribution is -0.143. The zero-order chi connectivity index (χ0) is 32.9. The molecular weight excluding hydrogens is 590 g/mol. The van der Waals surface area contributed by atoms with Gasteiger partial charge in [-0.3, -0.25) is 9.69 Å². The molecule has 2 aromatic carbocycles. The van der Waals surface area contributed by atoms with Gasteiger partial charge < -0.3 is 14.4 Å². The number of nitrogens with zero attached hydrogens (tertiary/aromatic N) is 2. The van der Waals surface area contributed by atoms with Gasteiger partial charge in [-0.25, -0.2) is 4.79 Å². The first-order chi connectivity index (χ1) is 20.3. The van der Waals surface area contributed by atoms with E-state index in [0.717, 1.165) is 35.1 Å². The molecule has 1 saturated heterocycles. The number of methoxy groups -OCH3 is 1. The Kier molecular flexibility index (Phi) is 9.06. The SMILES string of the molecule is COc1cc(C)c(N(C)C(C)=O)cc1C1C(CN2C(=O)O[C@H](c3cc(C(F)(F)F)cc(C(F)(F)F)c3)[C@@H]2C)=C(C)CCC1C. The van der Waals surface area contributed by atoms with E-state index in [-0.39, 0.29) is 35.9 Å². The van der Waals surface area contributed by atoms with Gasteiger partial charge in [0.05, 0.1) is 24.3 Å². The number of aryl methyl sites for hydroxylation is 1. The van der Waals surface area contributed by atoms with Crippen molar-refractivity contribution >= 4 is 17.7 Å². The molecule has 0 saturated carbocycles. The molecule has 1 aliphatic carbocycles. The van der Waals surface area contributed by atoms with E-state index < -0.39 is 41.7 Å². The van der Waals surface area contributed by atoms with Crippen LogP contribution in [0.3, 0.4) is 0 Å². The number of benzene rings is 2. The summed E-state index contributed by atoms with van der Waals surface area (Å²) in [5, 5.41) is 0. The third-order valence-electron chi connectivity index (χ3n) is 8.86. The second-order valence-corrected chi connectivity index (χ2v) is 11.8. The third kappa shape index (κ3) is 6.39. The van der Waals surface area contributed by atoms with Crippen LogP contribution in [0.4, 0.5) is 36.8 Å². The number of anilines is 1. The average molecular weight is 627 g/mol. The highest BCUT2D eigenvalue weighted by atomic mass is 19.4. The molecular formula is C32H36F6N2O4. The van der Waals surface area contributed by atoms with Gasteiger partial charge in [-0.1, -0.05) is 12.5 Å². The molecule has 0 spiro atoms. The molecule has 4 rings (SSSR count). The maximum atomic E-state index is 13.6. The number of hydrogen-bond donors (Lipinski definition) is 0. The maximum Gasteiger partial charge on any atom is 0.416 e. The van der Waals surface area contributed by atoms with Gasteiger partial charge in [-0.15, -0.1) is 0 Å². The fourth-order valence-electron chi connectivity index (χ4n) is 6.23. The van der Waals surface area contributed by atoms with Crippen molar-refractivity contribution in [1.29, 1.82) is 0 Å². The summed E-state index contributed by atoms with van der Waals surface area (Å²) in [6, 6.07) is 4.15. The summed E-state index contributed by atoms with van der Waals surface area (Å²) in [6.07, 6.45) is -10.7. The second-order valence-electron chi connectivity index (χ2n) is 11.8. The number of alkyl halides is 6. The van der Waals surface area contributed by atoms with Crippen LogP contribution < -0.4 is 9.64 Å². The Balaban J connectivity index is 1.75. The zero-order valence-corrected chi connectivity index (χ0v) is 25.6. The number of ether oxygens (including phenoxy) is 2. The molecule has 6 nitrogen and oxygen atoms in total. The number of carbonyl (C=O) groups excluding carboxylic acids is 2. The van der Waals surface area contributed by atoms with E-state index in [0.29, 0.717) is 23.6 Å². The summed E-state index contributed by atoms with van der Waals surface area (Å²) < 4.78 is 92.5. The van der Waals surface area contributed by atoms with Crippen LogP contribution in [0.15, 0.2) is 41.5 Å². The number of cyclic esters (lactones) is 1. The van der Waals surface area contributed by atoms with E-state index in [2.05, 4.69) is 6.92 Å². The molecule has 2 aromatic rings. The molecule has 2 amide bonds. The van der Waals surface area contributed by atoms with Gasteiger partial charge in [0.15, 0.2) is 0 Å². The third-order valence-corrected chi connectivity index (χ3v) is 8.86. The van der Waals surface area contributed by atoms with Crippen molar-refractivity contribution in [1.82, 2.24) is 4.90 Å². The first-order valence-corrected chi connectivity index (χ1v) is 14.2. The van der Waals surface area contributed by atoms with Crippen molar-refractivity contribution in [2.45, 2.75) is 77.9 Å². The van der Waals surface area contributed by atoms with E-state index in [1.165, 1.54) is 16.7 Å². The van der Waals surface area contributed by atoms with Crippen molar-refractivity contribution < 1.29 is 45.4 Å². The largest absolute Gasteiger partial charge is 0.496 e. The maximum absolute atomic E-state index is 13.6. The van der Waals surface area contributed by atoms with Crippen LogP contribution in [0, 0.1) is 12.8 Å². The van der Waals surface area contributed by atoms with Crippen molar-refractivity contribution in [3.05, 3.63) is 69.3 Å². The molecule has 12 heteroatoms. The summed E-state index contributed by atoms with van der Waals surface area (Å²) in [5.74, 6) is 0.285. The van der Waals surface area contributed by atoms with Gasteiger partial charge in [0.2, 0.25) is 5.91 Å². The van der Waals surface area contributed by atoms with Crippen molar-refractivity contribution in [2.75, 3.05) is 25.6 Å². The predicted molar refractivity (Wildman–Crippen MR) is 152 cm³/mol. The van der Waals surface area contributed by atoms with Gasteiger partial charge in [0, 0.05) is 37.7 Å². The summed E-state index contributed by atoms with van der Waals surface area (Å²) in [7, 11) is 3.22. The average Bonchev–Trinajstić information content (AvgIpc) is 3.22. The quantitative estimate of drug-likeness (QED) is 0.239. The number of rotatable bonds is 6. The van der Waals surface area contributed by atoms with Crippen LogP contribution >= 0.6 is 0 Å². The van der Waals surface area contributed by atoms with Gasteiger partial charge in [-0.05, 0) is 86.6 Å². The molecule has 2 aliphatic rings. The first kappa shape index (κ1) is 33.2. The number of allylic oxidation sites excluding steroid dienone is 1. The molecule has 0 aromatic heterocycles. The number of hydrogen-bond acceptors (Lipinski definition) is 4. The fourth-order valence-corrected chi connectivity index (χ4v) is 6.23. The minimum Gasteiger partial charge on any atom is -0.496 e. The summed E-state index contributed by atoms with van der Waals surface area (Å²) >= 11 is 0. The Hall–Kier alpha value is -3.70. The highest BCUT2D eigenvalue weighted by Crippen LogP contribution is 2.48. The Morgan fingerprint density at radius 3 is 2.14 bits per heavy atom. The van der Waals surface area contributed by atoms with E-state index in [9.17, 15) is 35.9 Å². The number of amides is 2. The van der Waals surface area contributed by atoms with Gasteiger partial charge in [0.25, 0.3) is 0 Å². The molecule has 4 atom stereocenters. The molecule has 2 unspecified atom stereocenters. The molecule has 0 radical (unpaired) electrons. The predicted octanol–water partition coefficient (Wildman–Crippen LogP) is 8.44. The van der Waals surface area contributed by atoms with E-state index in [4.69, 9.17) is 9.47 Å². The van der Waals surface area contributed by atoms with Crippen LogP contribution in [0.25, 0.3) is 0 Å². The van der Waals surface area contributed by atoms with Crippen LogP contribution in [0.2, 0.25) is 0 Å². The lowest BCUT2D eigenvalue weighted by Crippen LogP contribution is -2.37. The lowest BCUT2D eigenvalue weighted by atomic mass is 9.72. The minimum absolute atomic E-state index is 0.0529. The molecule has 0 bridgehead atoms. The summed E-state index contributed by atoms with van der Waals surface area (Å²) in [5.41, 5.74) is 0.906. The Morgan fingerprint density at radius 2 is 1.61 bits per heavy atom. The van der Waals surface area contributed by atoms with Crippen molar-refractivity contribution in [3.63, 3.8) is 0 Å². The molecule has 44 heavy (non-hydrogen) atoms. The van der Waals surface area contributed by atoms with Crippen molar-refractivity contribution in [3.8, 4) is 5.75 Å². The monoisotopic (exact) mass is 626 g/mol. The second kappa shape index (κ2) is 12.0. The molecule has 1 aliphatic heterocycles. The number of carbonyl (C=O) groups is 2. The molecule has 0 N–H and O–H groups in total. The van der Waals surface area contributed by atoms with Crippen LogP contribution in [-0.2, 0) is 21.9 Å². The fraction of sp³-hybridized carbons (Fsp3) is 0.500. The summed E-state index contributed by atoms with van der Waals surface area (Å²) in [4.78, 5) is 28.3. The Labute approximate surface area is 252 Å². The molecule has 1 heterocycles. The van der Waals surface area contributed by atoms with E-state index in [1.54, 1.807) is 21.1 Å². The van der Waals surface area contributed by atoms with Crippen LogP contribution in [0.1, 0.15) is 80.4 Å². The van der Waals surface area contributed by atoms with Gasteiger partial charge >= 0.3 is 18.4 Å². The highest BCUT2D eigenvalue weighted by Gasteiger charge is 2.45. The van der Waals surface area contributed by atoms with Gasteiger partial charge in [-0.2, -0.15) is 26.3 Å². The lowest BCUT2D eigenvalue weighted by Gasteiger charge is -2.37. The zero-order valence-electron chi connectivity index (χ0n) is 25.6. The van der Waals surface area contributed by atoms with E-state index in [1.807, 2.05) is 26.0 Å². The molecule has 1 fully saturated rings. The first-order valence-electron chi connectivity index (χ1n) is 14.2. The highest BCUT2D eigenvalue weighted by molar-refractivity contribution is 5.92. The smallest absolute Gasteiger partial charge is 0.416 e. The van der Waals surface area contributed by atoms with Crippen LogP contribution in [0.5, 0.6) is 5.75 Å². The van der Waals surface area contributed by atoms with Gasteiger partial charge in [0.1, 0.15) is 11.9 Å². The molecule has 240 valence electrons. The topological polar surface area (TPSA) is 59.1 Å². The normalized spacial score (nSPS) is 22.8. The van der Waals surface area contributed by atoms with Crippen LogP contribution in [-0.4, -0.2) is 43.6 Å². The standard InChI is InChI=1S/C32H36F6N2O4/c1-16-8-9-17(2)28(24-14-26(39(6)20(5)41)18(3)10-27(24)43-7)25(16)15-40-19(4)29(44-30(40)42)21-11-22(31(33,34)35)13-23(12-21)32(36,37)38/h10-14,17,19,28-29H,8-9,15H2,1-7H3/t17?,19-,28?,29-/m0/s1. The Bertz CT molecular complexity index is 1450. The van der Waals surface area contributed by atoms with E-state index >= 15 is 0 Å².